The summed E-state index contributed by atoms with van der Waals surface area (Å²) in [6.45, 7) is 10.4. The van der Waals surface area contributed by atoms with E-state index < -0.39 is 0 Å². The normalized spacial score (nSPS) is 19.6. The van der Waals surface area contributed by atoms with Gasteiger partial charge in [-0.2, -0.15) is 0 Å². The maximum atomic E-state index is 13.0. The van der Waals surface area contributed by atoms with E-state index in [-0.39, 0.29) is 11.8 Å². The van der Waals surface area contributed by atoms with Gasteiger partial charge in [-0.25, -0.2) is 0 Å². The van der Waals surface area contributed by atoms with Crippen LogP contribution in [0.2, 0.25) is 0 Å². The summed E-state index contributed by atoms with van der Waals surface area (Å²) in [5.74, 6) is -0.155. The van der Waals surface area contributed by atoms with Gasteiger partial charge in [-0.1, -0.05) is 42.5 Å². The Hall–Kier alpha value is -3.42. The number of aromatic amines is 1. The van der Waals surface area contributed by atoms with Crippen LogP contribution in [0.1, 0.15) is 45.7 Å². The predicted molar refractivity (Wildman–Crippen MR) is 142 cm³/mol. The standard InChI is InChI=1S/C29H35N5O2/c1-20-26(18-24-23-10-6-7-11-25(23)32-28(24)35)31-21(2)27(20)29(36)30-12-13-33-14-16-34(17-15-33)19-22-8-4-3-5-9-22/h3-5,8-11,18,31H,6-7,12-17,19H2,1-2H3,(H,30,36)(H,32,35)/b24-18-. The van der Waals surface area contributed by atoms with E-state index >= 15 is 0 Å². The van der Waals surface area contributed by atoms with E-state index in [0.717, 1.165) is 80.3 Å². The molecule has 1 aromatic carbocycles. The summed E-state index contributed by atoms with van der Waals surface area (Å²) < 4.78 is 0. The number of hydrogen-bond donors (Lipinski definition) is 3. The number of rotatable bonds is 7. The Morgan fingerprint density at radius 2 is 1.75 bits per heavy atom. The first-order valence-electron chi connectivity index (χ1n) is 12.9. The van der Waals surface area contributed by atoms with Gasteiger partial charge in [0.2, 0.25) is 0 Å². The average Bonchev–Trinajstić information content (AvgIpc) is 3.35. The van der Waals surface area contributed by atoms with E-state index in [1.165, 1.54) is 5.56 Å². The number of carbonyl (C=O) groups is 2. The van der Waals surface area contributed by atoms with E-state index in [0.29, 0.717) is 17.7 Å². The number of allylic oxidation sites excluding steroid dienone is 3. The zero-order valence-electron chi connectivity index (χ0n) is 21.2. The molecule has 0 spiro atoms. The van der Waals surface area contributed by atoms with Crippen LogP contribution in [0.3, 0.4) is 0 Å². The SMILES string of the molecule is Cc1[nH]c(/C=C2\C(=O)NC3=CCCC=C32)c(C)c1C(=O)NCCN1CCN(Cc2ccccc2)CC1. The smallest absolute Gasteiger partial charge is 0.256 e. The summed E-state index contributed by atoms with van der Waals surface area (Å²) in [6, 6.07) is 10.6. The highest BCUT2D eigenvalue weighted by Gasteiger charge is 2.29. The van der Waals surface area contributed by atoms with Crippen molar-refractivity contribution in [3.63, 3.8) is 0 Å². The van der Waals surface area contributed by atoms with E-state index in [9.17, 15) is 9.59 Å². The number of aryl methyl sites for hydroxylation is 1. The van der Waals surface area contributed by atoms with Crippen molar-refractivity contribution in [1.29, 1.82) is 0 Å². The van der Waals surface area contributed by atoms with Crippen LogP contribution in [0.4, 0.5) is 0 Å². The molecule has 2 aliphatic heterocycles. The molecule has 2 fully saturated rings. The highest BCUT2D eigenvalue weighted by atomic mass is 16.2. The minimum atomic E-state index is -0.0871. The van der Waals surface area contributed by atoms with Gasteiger partial charge in [-0.3, -0.25) is 19.4 Å². The van der Waals surface area contributed by atoms with Crippen LogP contribution in [-0.4, -0.2) is 65.9 Å². The Morgan fingerprint density at radius 1 is 1.03 bits per heavy atom. The Bertz CT molecular complexity index is 1230. The monoisotopic (exact) mass is 485 g/mol. The molecule has 1 aromatic heterocycles. The Kier molecular flexibility index (Phi) is 7.20. The minimum absolute atomic E-state index is 0.0676. The van der Waals surface area contributed by atoms with Crippen LogP contribution in [0.25, 0.3) is 6.08 Å². The van der Waals surface area contributed by atoms with Gasteiger partial charge in [0.1, 0.15) is 0 Å². The number of aromatic nitrogens is 1. The number of nitrogens with zero attached hydrogens (tertiary/aromatic N) is 2. The molecule has 3 aliphatic rings. The van der Waals surface area contributed by atoms with Crippen LogP contribution in [0.15, 0.2) is 59.3 Å². The number of carbonyl (C=O) groups excluding carboxylic acids is 2. The van der Waals surface area contributed by atoms with Crippen LogP contribution < -0.4 is 10.6 Å². The van der Waals surface area contributed by atoms with Crippen molar-refractivity contribution in [1.82, 2.24) is 25.4 Å². The number of benzene rings is 1. The molecule has 0 atom stereocenters. The number of piperazine rings is 1. The lowest BCUT2D eigenvalue weighted by Crippen LogP contribution is -2.48. The van der Waals surface area contributed by atoms with Gasteiger partial charge in [0, 0.05) is 68.5 Å². The molecule has 2 amide bonds. The molecule has 0 radical (unpaired) electrons. The third-order valence-electron chi connectivity index (χ3n) is 7.36. The van der Waals surface area contributed by atoms with E-state index in [1.807, 2.05) is 19.9 Å². The Balaban J connectivity index is 1.14. The molecule has 0 saturated carbocycles. The molecule has 7 heteroatoms. The second-order valence-electron chi connectivity index (χ2n) is 9.85. The number of H-pyrrole nitrogens is 1. The van der Waals surface area contributed by atoms with E-state index in [2.05, 4.69) is 67.9 Å². The lowest BCUT2D eigenvalue weighted by Gasteiger charge is -2.34. The van der Waals surface area contributed by atoms with E-state index in [4.69, 9.17) is 0 Å². The molecule has 0 bridgehead atoms. The fourth-order valence-electron chi connectivity index (χ4n) is 5.34. The highest BCUT2D eigenvalue weighted by molar-refractivity contribution is 6.09. The molecule has 0 unspecified atom stereocenters. The van der Waals surface area contributed by atoms with Crippen molar-refractivity contribution in [3.05, 3.63) is 87.4 Å². The van der Waals surface area contributed by atoms with Crippen molar-refractivity contribution in [3.8, 4) is 0 Å². The summed E-state index contributed by atoms with van der Waals surface area (Å²) in [4.78, 5) is 33.8. The first-order chi connectivity index (χ1) is 17.5. The summed E-state index contributed by atoms with van der Waals surface area (Å²) in [6.07, 6.45) is 7.94. The zero-order chi connectivity index (χ0) is 25.1. The maximum absolute atomic E-state index is 13.0. The Morgan fingerprint density at radius 3 is 2.53 bits per heavy atom. The van der Waals surface area contributed by atoms with Gasteiger partial charge in [0.25, 0.3) is 11.8 Å². The van der Waals surface area contributed by atoms with Gasteiger partial charge in [0.05, 0.1) is 11.1 Å². The molecule has 7 nitrogen and oxygen atoms in total. The number of nitrogens with one attached hydrogen (secondary N) is 3. The molecule has 5 rings (SSSR count). The quantitative estimate of drug-likeness (QED) is 0.526. The van der Waals surface area contributed by atoms with Crippen molar-refractivity contribution in [2.45, 2.75) is 33.2 Å². The maximum Gasteiger partial charge on any atom is 0.256 e. The number of hydrogen-bond acceptors (Lipinski definition) is 4. The molecular weight excluding hydrogens is 450 g/mol. The summed E-state index contributed by atoms with van der Waals surface area (Å²) in [7, 11) is 0. The third kappa shape index (κ3) is 5.22. The largest absolute Gasteiger partial charge is 0.358 e. The molecule has 2 saturated heterocycles. The Labute approximate surface area is 212 Å². The molecule has 2 aromatic rings. The van der Waals surface area contributed by atoms with Crippen molar-refractivity contribution < 1.29 is 9.59 Å². The molecule has 188 valence electrons. The van der Waals surface area contributed by atoms with Gasteiger partial charge < -0.3 is 15.6 Å². The van der Waals surface area contributed by atoms with Crippen molar-refractivity contribution in [2.24, 2.45) is 0 Å². The second kappa shape index (κ2) is 10.7. The van der Waals surface area contributed by atoms with Gasteiger partial charge in [0.15, 0.2) is 0 Å². The fraction of sp³-hybridized carbons (Fsp3) is 0.379. The van der Waals surface area contributed by atoms with Gasteiger partial charge >= 0.3 is 0 Å². The van der Waals surface area contributed by atoms with Crippen molar-refractivity contribution >= 4 is 17.9 Å². The summed E-state index contributed by atoms with van der Waals surface area (Å²) >= 11 is 0. The van der Waals surface area contributed by atoms with Gasteiger partial charge in [-0.05, 0) is 43.9 Å². The van der Waals surface area contributed by atoms with Crippen LogP contribution in [-0.2, 0) is 11.3 Å². The van der Waals surface area contributed by atoms with Crippen LogP contribution >= 0.6 is 0 Å². The molecule has 3 heterocycles. The first-order valence-corrected chi connectivity index (χ1v) is 12.9. The molecular formula is C29H35N5O2. The predicted octanol–water partition coefficient (Wildman–Crippen LogP) is 3.30. The summed E-state index contributed by atoms with van der Waals surface area (Å²) in [5, 5.41) is 6.05. The first kappa shape index (κ1) is 24.3. The van der Waals surface area contributed by atoms with Crippen LogP contribution in [0, 0.1) is 13.8 Å². The average molecular weight is 486 g/mol. The topological polar surface area (TPSA) is 80.5 Å². The highest BCUT2D eigenvalue weighted by Crippen LogP contribution is 2.32. The summed E-state index contributed by atoms with van der Waals surface area (Å²) in [5.41, 5.74) is 7.04. The zero-order valence-corrected chi connectivity index (χ0v) is 21.2. The number of fused-ring (bicyclic) bond motifs is 1. The molecule has 3 N–H and O–H groups in total. The lowest BCUT2D eigenvalue weighted by molar-refractivity contribution is -0.115. The van der Waals surface area contributed by atoms with E-state index in [1.54, 1.807) is 0 Å². The minimum Gasteiger partial charge on any atom is -0.358 e. The third-order valence-corrected chi connectivity index (χ3v) is 7.36. The molecule has 36 heavy (non-hydrogen) atoms. The fourth-order valence-corrected chi connectivity index (χ4v) is 5.34. The van der Waals surface area contributed by atoms with Crippen LogP contribution in [0.5, 0.6) is 0 Å². The molecule has 1 aliphatic carbocycles. The lowest BCUT2D eigenvalue weighted by atomic mass is 9.98. The second-order valence-corrected chi connectivity index (χ2v) is 9.85. The number of amides is 2. The van der Waals surface area contributed by atoms with Gasteiger partial charge in [-0.15, -0.1) is 0 Å². The van der Waals surface area contributed by atoms with Crippen molar-refractivity contribution in [2.75, 3.05) is 39.3 Å².